The molecule has 4 nitrogen and oxygen atoms in total. The maximum atomic E-state index is 6.34. The zero-order valence-electron chi connectivity index (χ0n) is 33.5. The SMILES string of the molecule is c1ccc(-c2nc(-c3ccccc3-c3ccc4c(c3)C3(c5ccccc5-c5ccccc53)c3ccccc3-4)nc(-c3ccccc3-c3cccc4oc5ccccc5c34)n2)cc1. The van der Waals surface area contributed by atoms with E-state index in [-0.39, 0.29) is 0 Å². The minimum atomic E-state index is -0.447. The quantitative estimate of drug-likeness (QED) is 0.174. The third kappa shape index (κ3) is 4.92. The van der Waals surface area contributed by atoms with Crippen LogP contribution in [0.25, 0.3) is 101 Å². The fraction of sp³-hybridized carbons (Fsp3) is 0.0172. The van der Waals surface area contributed by atoms with Crippen LogP contribution in [0.3, 0.4) is 0 Å². The van der Waals surface area contributed by atoms with Crippen molar-refractivity contribution in [2.45, 2.75) is 5.41 Å². The number of rotatable bonds is 5. The number of benzene rings is 9. The standard InChI is InChI=1S/C58H35N3O/c1-2-17-36(18-3-1)55-59-56(61-57(60-55)46-25-7-5-20-39(46)44-27-16-32-53-54(44)47-26-11-15-31-52(47)62-53)45-24-6-4-19-38(45)37-33-34-43-42-23-10-14-30-50(42)58(51(43)35-37)48-28-12-8-21-40(48)41-22-9-13-29-49(41)58/h1-35H. The average Bonchev–Trinajstić information content (AvgIpc) is 3.98. The number of para-hydroxylation sites is 1. The van der Waals surface area contributed by atoms with Crippen molar-refractivity contribution < 1.29 is 4.42 Å². The van der Waals surface area contributed by atoms with Crippen LogP contribution in [-0.2, 0) is 5.41 Å². The molecule has 0 radical (unpaired) electrons. The Morgan fingerprint density at radius 1 is 0.290 bits per heavy atom. The summed E-state index contributed by atoms with van der Waals surface area (Å²) in [5.74, 6) is 1.83. The Morgan fingerprint density at radius 3 is 1.42 bits per heavy atom. The van der Waals surface area contributed by atoms with Gasteiger partial charge in [0, 0.05) is 27.5 Å². The monoisotopic (exact) mass is 789 g/mol. The summed E-state index contributed by atoms with van der Waals surface area (Å²) in [6.07, 6.45) is 0. The molecule has 0 bridgehead atoms. The van der Waals surface area contributed by atoms with E-state index in [0.717, 1.165) is 60.9 Å². The van der Waals surface area contributed by atoms with Crippen LogP contribution in [0.15, 0.2) is 217 Å². The van der Waals surface area contributed by atoms with Crippen molar-refractivity contribution in [1.29, 1.82) is 0 Å². The first kappa shape index (κ1) is 34.6. The van der Waals surface area contributed by atoms with Gasteiger partial charge >= 0.3 is 0 Å². The van der Waals surface area contributed by atoms with Crippen LogP contribution in [0.5, 0.6) is 0 Å². The van der Waals surface area contributed by atoms with Gasteiger partial charge in [-0.05, 0) is 85.0 Å². The highest BCUT2D eigenvalue weighted by molar-refractivity contribution is 6.13. The zero-order chi connectivity index (χ0) is 40.8. The van der Waals surface area contributed by atoms with Crippen LogP contribution >= 0.6 is 0 Å². The number of nitrogens with zero attached hydrogens (tertiary/aromatic N) is 3. The minimum Gasteiger partial charge on any atom is -0.456 e. The molecule has 2 aromatic heterocycles. The van der Waals surface area contributed by atoms with E-state index in [2.05, 4.69) is 176 Å². The van der Waals surface area contributed by atoms with Gasteiger partial charge in [-0.1, -0.05) is 194 Å². The predicted octanol–water partition coefficient (Wildman–Crippen LogP) is 14.4. The third-order valence-corrected chi connectivity index (χ3v) is 13.0. The molecule has 0 atom stereocenters. The highest BCUT2D eigenvalue weighted by Gasteiger charge is 2.51. The van der Waals surface area contributed by atoms with Crippen molar-refractivity contribution in [1.82, 2.24) is 15.0 Å². The normalized spacial score (nSPS) is 13.0. The second kappa shape index (κ2) is 13.4. The van der Waals surface area contributed by atoms with Gasteiger partial charge in [-0.3, -0.25) is 0 Å². The number of furan rings is 1. The van der Waals surface area contributed by atoms with Crippen LogP contribution in [-0.4, -0.2) is 15.0 Å². The van der Waals surface area contributed by atoms with Gasteiger partial charge in [0.15, 0.2) is 17.5 Å². The topological polar surface area (TPSA) is 51.8 Å². The highest BCUT2D eigenvalue weighted by Crippen LogP contribution is 2.63. The summed E-state index contributed by atoms with van der Waals surface area (Å²) in [6.45, 7) is 0. The summed E-state index contributed by atoms with van der Waals surface area (Å²) in [6, 6.07) is 75.5. The van der Waals surface area contributed by atoms with Crippen molar-refractivity contribution in [2.75, 3.05) is 0 Å². The van der Waals surface area contributed by atoms with Crippen LogP contribution in [0, 0.1) is 0 Å². The summed E-state index contributed by atoms with van der Waals surface area (Å²) in [7, 11) is 0. The van der Waals surface area contributed by atoms with Gasteiger partial charge in [-0.2, -0.15) is 0 Å². The van der Waals surface area contributed by atoms with Crippen molar-refractivity contribution in [3.05, 3.63) is 235 Å². The summed E-state index contributed by atoms with van der Waals surface area (Å²) in [5, 5.41) is 2.15. The molecule has 62 heavy (non-hydrogen) atoms. The first-order valence-electron chi connectivity index (χ1n) is 21.1. The number of hydrogen-bond acceptors (Lipinski definition) is 4. The van der Waals surface area contributed by atoms with Gasteiger partial charge in [0.25, 0.3) is 0 Å². The molecule has 2 aliphatic rings. The molecule has 0 unspecified atom stereocenters. The summed E-state index contributed by atoms with van der Waals surface area (Å²) < 4.78 is 6.34. The smallest absolute Gasteiger partial charge is 0.164 e. The van der Waals surface area contributed by atoms with Gasteiger partial charge in [-0.15, -0.1) is 0 Å². The van der Waals surface area contributed by atoms with E-state index in [1.54, 1.807) is 0 Å². The molecule has 0 fully saturated rings. The Morgan fingerprint density at radius 2 is 0.758 bits per heavy atom. The lowest BCUT2D eigenvalue weighted by Crippen LogP contribution is -2.25. The highest BCUT2D eigenvalue weighted by atomic mass is 16.3. The Bertz CT molecular complexity index is 3540. The van der Waals surface area contributed by atoms with E-state index in [1.807, 2.05) is 36.4 Å². The van der Waals surface area contributed by atoms with Gasteiger partial charge in [-0.25, -0.2) is 15.0 Å². The number of fused-ring (bicyclic) bond motifs is 13. The predicted molar refractivity (Wildman–Crippen MR) is 251 cm³/mol. The lowest BCUT2D eigenvalue weighted by atomic mass is 9.70. The molecule has 0 aliphatic heterocycles. The summed E-state index contributed by atoms with van der Waals surface area (Å²) in [5.41, 5.74) is 18.7. The van der Waals surface area contributed by atoms with E-state index < -0.39 is 5.41 Å². The van der Waals surface area contributed by atoms with Crippen molar-refractivity contribution >= 4 is 21.9 Å². The largest absolute Gasteiger partial charge is 0.456 e. The molecular formula is C58H35N3O. The van der Waals surface area contributed by atoms with Gasteiger partial charge in [0.05, 0.1) is 5.41 Å². The molecule has 11 aromatic rings. The molecule has 1 spiro atoms. The number of aromatic nitrogens is 3. The van der Waals surface area contributed by atoms with E-state index in [4.69, 9.17) is 19.4 Å². The molecule has 288 valence electrons. The molecular weight excluding hydrogens is 755 g/mol. The maximum Gasteiger partial charge on any atom is 0.164 e. The van der Waals surface area contributed by atoms with E-state index in [0.29, 0.717) is 17.5 Å². The molecule has 2 aliphatic carbocycles. The van der Waals surface area contributed by atoms with Crippen LogP contribution in [0.2, 0.25) is 0 Å². The summed E-state index contributed by atoms with van der Waals surface area (Å²) >= 11 is 0. The lowest BCUT2D eigenvalue weighted by molar-refractivity contribution is 0.669. The lowest BCUT2D eigenvalue weighted by Gasteiger charge is -2.30. The van der Waals surface area contributed by atoms with E-state index in [1.165, 1.54) is 44.5 Å². The van der Waals surface area contributed by atoms with Crippen LogP contribution in [0.1, 0.15) is 22.3 Å². The van der Waals surface area contributed by atoms with Crippen molar-refractivity contribution in [2.24, 2.45) is 0 Å². The van der Waals surface area contributed by atoms with Crippen LogP contribution in [0.4, 0.5) is 0 Å². The Labute approximate surface area is 358 Å². The molecule has 0 saturated heterocycles. The Balaban J connectivity index is 1.02. The maximum absolute atomic E-state index is 6.34. The molecule has 0 amide bonds. The van der Waals surface area contributed by atoms with Crippen LogP contribution < -0.4 is 0 Å². The molecule has 9 aromatic carbocycles. The molecule has 0 N–H and O–H groups in total. The van der Waals surface area contributed by atoms with Gasteiger partial charge in [0.1, 0.15) is 11.2 Å². The second-order valence-corrected chi connectivity index (χ2v) is 16.2. The van der Waals surface area contributed by atoms with Crippen molar-refractivity contribution in [3.8, 4) is 78.7 Å². The van der Waals surface area contributed by atoms with Crippen molar-refractivity contribution in [3.63, 3.8) is 0 Å². The third-order valence-electron chi connectivity index (χ3n) is 13.0. The van der Waals surface area contributed by atoms with E-state index in [9.17, 15) is 0 Å². The van der Waals surface area contributed by atoms with Gasteiger partial charge in [0.2, 0.25) is 0 Å². The fourth-order valence-electron chi connectivity index (χ4n) is 10.4. The Hall–Kier alpha value is -8.21. The average molecular weight is 790 g/mol. The molecule has 0 saturated carbocycles. The van der Waals surface area contributed by atoms with E-state index >= 15 is 0 Å². The Kier molecular flexibility index (Phi) is 7.49. The fourth-order valence-corrected chi connectivity index (χ4v) is 10.4. The molecule has 4 heteroatoms. The minimum absolute atomic E-state index is 0.447. The number of hydrogen-bond donors (Lipinski definition) is 0. The first-order chi connectivity index (χ1) is 30.8. The first-order valence-corrected chi connectivity index (χ1v) is 21.1. The second-order valence-electron chi connectivity index (χ2n) is 16.2. The summed E-state index contributed by atoms with van der Waals surface area (Å²) in [4.78, 5) is 15.9. The molecule has 13 rings (SSSR count). The van der Waals surface area contributed by atoms with Gasteiger partial charge < -0.3 is 4.42 Å². The molecule has 2 heterocycles. The zero-order valence-corrected chi connectivity index (χ0v) is 33.5.